The van der Waals surface area contributed by atoms with Crippen molar-refractivity contribution in [3.8, 4) is 17.6 Å². The van der Waals surface area contributed by atoms with Crippen molar-refractivity contribution in [3.63, 3.8) is 0 Å². The highest BCUT2D eigenvalue weighted by Gasteiger charge is 2.10. The summed E-state index contributed by atoms with van der Waals surface area (Å²) >= 11 is 0. The average molecular weight is 438 g/mol. The smallest absolute Gasteiger partial charge is 0.166 e. The number of fused-ring (bicyclic) bond motifs is 2. The molecule has 4 rings (SSSR count). The zero-order valence-corrected chi connectivity index (χ0v) is 19.3. The van der Waals surface area contributed by atoms with Gasteiger partial charge >= 0.3 is 0 Å². The summed E-state index contributed by atoms with van der Waals surface area (Å²) in [5.74, 6) is -1.43. The van der Waals surface area contributed by atoms with Crippen molar-refractivity contribution in [1.82, 2.24) is 0 Å². The standard InChI is InChI=1S/C12H9NO.C11H8F2O.2C2H6/c1-8-5-11(14)6-9-3-2-4-10(7-13)12(8)9;1-6-4-8(14)5-7-2-3-9(12)11(13)10(6)7;2*1-2/h2-6,14H,1H3;2-5,14H,1H3;2*1-2H3. The third-order valence-corrected chi connectivity index (χ3v) is 4.47. The molecule has 0 aliphatic heterocycles. The first-order valence-electron chi connectivity index (χ1n) is 10.5. The molecule has 0 aromatic heterocycles. The number of phenols is 2. The Morgan fingerprint density at radius 3 is 1.75 bits per heavy atom. The minimum absolute atomic E-state index is 0.0565. The lowest BCUT2D eigenvalue weighted by molar-refractivity contribution is 0.475. The molecule has 0 aliphatic rings. The van der Waals surface area contributed by atoms with E-state index in [1.807, 2.05) is 46.8 Å². The molecule has 5 heteroatoms. The summed E-state index contributed by atoms with van der Waals surface area (Å²) in [4.78, 5) is 0. The number of hydrogen-bond donors (Lipinski definition) is 2. The predicted molar refractivity (Wildman–Crippen MR) is 128 cm³/mol. The van der Waals surface area contributed by atoms with E-state index < -0.39 is 11.6 Å². The Labute approximate surface area is 188 Å². The van der Waals surface area contributed by atoms with E-state index in [4.69, 9.17) is 5.26 Å². The molecule has 0 amide bonds. The molecule has 3 nitrogen and oxygen atoms in total. The van der Waals surface area contributed by atoms with Crippen LogP contribution in [0.5, 0.6) is 11.5 Å². The Balaban J connectivity index is 0.000000277. The summed E-state index contributed by atoms with van der Waals surface area (Å²) in [7, 11) is 0. The van der Waals surface area contributed by atoms with Gasteiger partial charge in [0.25, 0.3) is 0 Å². The SMILES string of the molecule is CC.CC.Cc1cc(O)cc2ccc(F)c(F)c12.Cc1cc(O)cc2cccc(C#N)c12. The molecule has 0 radical (unpaired) electrons. The number of halogens is 2. The Hall–Kier alpha value is -3.65. The first kappa shape index (κ1) is 26.4. The first-order valence-corrected chi connectivity index (χ1v) is 10.5. The highest BCUT2D eigenvalue weighted by molar-refractivity contribution is 5.91. The molecule has 0 atom stereocenters. The van der Waals surface area contributed by atoms with Gasteiger partial charge in [0, 0.05) is 10.8 Å². The number of nitriles is 1. The highest BCUT2D eigenvalue weighted by Crippen LogP contribution is 2.28. The van der Waals surface area contributed by atoms with Crippen LogP contribution in [0.1, 0.15) is 44.4 Å². The number of benzene rings is 4. The monoisotopic (exact) mass is 437 g/mol. The van der Waals surface area contributed by atoms with Crippen molar-refractivity contribution in [3.05, 3.63) is 82.9 Å². The molecule has 0 saturated heterocycles. The van der Waals surface area contributed by atoms with Gasteiger partial charge in [-0.2, -0.15) is 5.26 Å². The van der Waals surface area contributed by atoms with Crippen LogP contribution < -0.4 is 0 Å². The lowest BCUT2D eigenvalue weighted by atomic mass is 10.0. The number of phenolic OH excluding ortho intramolecular Hbond substituents is 2. The van der Waals surface area contributed by atoms with Gasteiger partial charge in [-0.1, -0.05) is 45.9 Å². The molecule has 4 aromatic rings. The second-order valence-corrected chi connectivity index (χ2v) is 6.50. The second kappa shape index (κ2) is 12.3. The fourth-order valence-electron chi connectivity index (χ4n) is 3.30. The fraction of sp³-hybridized carbons (Fsp3) is 0.222. The van der Waals surface area contributed by atoms with Gasteiger partial charge in [0.2, 0.25) is 0 Å². The van der Waals surface area contributed by atoms with Gasteiger partial charge in [0.1, 0.15) is 11.5 Å². The zero-order chi connectivity index (χ0) is 24.4. The second-order valence-electron chi connectivity index (χ2n) is 6.50. The summed E-state index contributed by atoms with van der Waals surface area (Å²) in [6, 6.07) is 16.3. The Morgan fingerprint density at radius 1 is 0.719 bits per heavy atom. The number of aromatic hydroxyl groups is 2. The maximum atomic E-state index is 13.3. The van der Waals surface area contributed by atoms with E-state index in [-0.39, 0.29) is 16.9 Å². The van der Waals surface area contributed by atoms with Crippen LogP contribution in [0.2, 0.25) is 0 Å². The maximum absolute atomic E-state index is 13.3. The minimum atomic E-state index is -0.869. The Kier molecular flexibility index (Phi) is 10.1. The van der Waals surface area contributed by atoms with Crippen molar-refractivity contribution < 1.29 is 19.0 Å². The summed E-state index contributed by atoms with van der Waals surface area (Å²) < 4.78 is 26.2. The highest BCUT2D eigenvalue weighted by atomic mass is 19.2. The zero-order valence-electron chi connectivity index (χ0n) is 19.3. The van der Waals surface area contributed by atoms with E-state index in [0.29, 0.717) is 16.5 Å². The molecule has 0 bridgehead atoms. The Morgan fingerprint density at radius 2 is 1.22 bits per heavy atom. The quantitative estimate of drug-likeness (QED) is 0.294. The van der Waals surface area contributed by atoms with Crippen molar-refractivity contribution >= 4 is 21.5 Å². The van der Waals surface area contributed by atoms with Gasteiger partial charge in [-0.15, -0.1) is 0 Å². The molecule has 0 spiro atoms. The van der Waals surface area contributed by atoms with Gasteiger partial charge in [0.05, 0.1) is 11.6 Å². The van der Waals surface area contributed by atoms with Crippen molar-refractivity contribution in [2.45, 2.75) is 41.5 Å². The van der Waals surface area contributed by atoms with Crippen LogP contribution in [0, 0.1) is 36.8 Å². The minimum Gasteiger partial charge on any atom is -0.508 e. The number of aryl methyl sites for hydroxylation is 2. The molecule has 168 valence electrons. The molecule has 0 unspecified atom stereocenters. The molecule has 2 N–H and O–H groups in total. The van der Waals surface area contributed by atoms with Crippen LogP contribution in [0.25, 0.3) is 21.5 Å². The van der Waals surface area contributed by atoms with Gasteiger partial charge in [-0.05, 0) is 72.1 Å². The van der Waals surface area contributed by atoms with Crippen molar-refractivity contribution in [2.75, 3.05) is 0 Å². The van der Waals surface area contributed by atoms with Crippen LogP contribution in [0.3, 0.4) is 0 Å². The average Bonchev–Trinajstić information content (AvgIpc) is 2.78. The van der Waals surface area contributed by atoms with E-state index in [2.05, 4.69) is 6.07 Å². The molecule has 0 aliphatic carbocycles. The molecule has 0 saturated carbocycles. The van der Waals surface area contributed by atoms with Gasteiger partial charge < -0.3 is 10.2 Å². The number of nitrogens with zero attached hydrogens (tertiary/aromatic N) is 1. The Bertz CT molecular complexity index is 1240. The predicted octanol–water partition coefficient (Wildman–Crippen LogP) is 7.91. The molecule has 32 heavy (non-hydrogen) atoms. The van der Waals surface area contributed by atoms with E-state index in [1.165, 1.54) is 18.2 Å². The van der Waals surface area contributed by atoms with Crippen LogP contribution in [-0.4, -0.2) is 10.2 Å². The molecular weight excluding hydrogens is 408 g/mol. The summed E-state index contributed by atoms with van der Waals surface area (Å²) in [5.41, 5.74) is 2.11. The van der Waals surface area contributed by atoms with Crippen LogP contribution >= 0.6 is 0 Å². The maximum Gasteiger partial charge on any atom is 0.166 e. The van der Waals surface area contributed by atoms with Crippen molar-refractivity contribution in [1.29, 1.82) is 5.26 Å². The van der Waals surface area contributed by atoms with Crippen LogP contribution in [0.15, 0.2) is 54.6 Å². The van der Waals surface area contributed by atoms with Gasteiger partial charge in [-0.3, -0.25) is 0 Å². The normalized spacial score (nSPS) is 9.47. The summed E-state index contributed by atoms with van der Waals surface area (Å²) in [6.07, 6.45) is 0. The van der Waals surface area contributed by atoms with E-state index in [1.54, 1.807) is 25.1 Å². The van der Waals surface area contributed by atoms with Crippen LogP contribution in [0.4, 0.5) is 8.78 Å². The van der Waals surface area contributed by atoms with E-state index in [9.17, 15) is 19.0 Å². The first-order chi connectivity index (χ1) is 15.3. The third kappa shape index (κ3) is 5.95. The fourth-order valence-corrected chi connectivity index (χ4v) is 3.30. The summed E-state index contributed by atoms with van der Waals surface area (Å²) in [5, 5.41) is 30.1. The van der Waals surface area contributed by atoms with Gasteiger partial charge in [0.15, 0.2) is 11.6 Å². The number of rotatable bonds is 0. The lowest BCUT2D eigenvalue weighted by Gasteiger charge is -2.05. The molecule has 0 fully saturated rings. The third-order valence-electron chi connectivity index (χ3n) is 4.47. The van der Waals surface area contributed by atoms with Gasteiger partial charge in [-0.25, -0.2) is 8.78 Å². The van der Waals surface area contributed by atoms with Crippen molar-refractivity contribution in [2.24, 2.45) is 0 Å². The van der Waals surface area contributed by atoms with E-state index >= 15 is 0 Å². The largest absolute Gasteiger partial charge is 0.508 e. The molecule has 0 heterocycles. The lowest BCUT2D eigenvalue weighted by Crippen LogP contribution is -1.88. The van der Waals surface area contributed by atoms with E-state index in [0.717, 1.165) is 22.4 Å². The van der Waals surface area contributed by atoms with Crippen LogP contribution in [-0.2, 0) is 0 Å². The molecule has 4 aromatic carbocycles. The molecular formula is C27H29F2NO2. The summed E-state index contributed by atoms with van der Waals surface area (Å²) in [6.45, 7) is 11.5. The topological polar surface area (TPSA) is 64.2 Å². The number of hydrogen-bond acceptors (Lipinski definition) is 3.